The quantitative estimate of drug-likeness (QED) is 0.624. The summed E-state index contributed by atoms with van der Waals surface area (Å²) in [4.78, 5) is 9.89. The summed E-state index contributed by atoms with van der Waals surface area (Å²) in [7, 11) is 0. The first kappa shape index (κ1) is 13.3. The molecule has 0 aliphatic heterocycles. The van der Waals surface area contributed by atoms with Crippen molar-refractivity contribution in [2.45, 2.75) is 20.3 Å². The molecule has 0 unspecified atom stereocenters. The van der Waals surface area contributed by atoms with Gasteiger partial charge in [-0.15, -0.1) is 12.1 Å². The fourth-order valence-electron chi connectivity index (χ4n) is 1.21. The molecular weight excluding hydrogens is 265 g/mol. The molecule has 0 heterocycles. The zero-order chi connectivity index (χ0) is 9.68. The van der Waals surface area contributed by atoms with Crippen LogP contribution in [-0.2, 0) is 30.7 Å². The van der Waals surface area contributed by atoms with Gasteiger partial charge in [0.2, 0.25) is 0 Å². The Kier molecular flexibility index (Phi) is 6.39. The number of rotatable bonds is 4. The van der Waals surface area contributed by atoms with Crippen molar-refractivity contribution in [1.82, 2.24) is 0 Å². The van der Waals surface area contributed by atoms with Crippen molar-refractivity contribution in [3.8, 4) is 5.75 Å². The third-order valence-electron chi connectivity index (χ3n) is 1.73. The van der Waals surface area contributed by atoms with E-state index >= 15 is 0 Å². The molecule has 3 heteroatoms. The van der Waals surface area contributed by atoms with E-state index in [0.717, 1.165) is 6.42 Å². The first-order valence-corrected chi connectivity index (χ1v) is 4.35. The second kappa shape index (κ2) is 6.72. The zero-order valence-electron chi connectivity index (χ0n) is 8.26. The molecule has 0 saturated heterocycles. The maximum Gasteiger partial charge on any atom is 2.00 e. The molecule has 0 bridgehead atoms. The molecule has 14 heavy (non-hydrogen) atoms. The van der Waals surface area contributed by atoms with Gasteiger partial charge in [0.15, 0.2) is 6.47 Å². The summed E-state index contributed by atoms with van der Waals surface area (Å²) in [6, 6.07) is 7.49. The van der Waals surface area contributed by atoms with Crippen LogP contribution in [0.15, 0.2) is 24.3 Å². The van der Waals surface area contributed by atoms with Crippen LogP contribution in [0.2, 0.25) is 0 Å². The molecule has 1 rings (SSSR count). The molecule has 2 nitrogen and oxygen atoms in total. The molecule has 0 radical (unpaired) electrons. The summed E-state index contributed by atoms with van der Waals surface area (Å²) in [6.45, 7) is 5.73. The van der Waals surface area contributed by atoms with Gasteiger partial charge < -0.3 is 9.53 Å². The monoisotopic (exact) mass is 279 g/mol. The minimum atomic E-state index is 0. The van der Waals surface area contributed by atoms with Gasteiger partial charge in [-0.3, -0.25) is 0 Å². The van der Waals surface area contributed by atoms with Crippen LogP contribution < -0.4 is 4.74 Å². The topological polar surface area (TPSA) is 26.3 Å². The summed E-state index contributed by atoms with van der Waals surface area (Å²) >= 11 is 0. The van der Waals surface area contributed by atoms with E-state index in [9.17, 15) is 4.79 Å². The fourth-order valence-corrected chi connectivity index (χ4v) is 1.21. The van der Waals surface area contributed by atoms with Crippen molar-refractivity contribution in [3.63, 3.8) is 0 Å². The molecule has 0 spiro atoms. The van der Waals surface area contributed by atoms with E-state index in [2.05, 4.69) is 18.6 Å². The second-order valence-corrected chi connectivity index (χ2v) is 3.43. The van der Waals surface area contributed by atoms with Crippen molar-refractivity contribution >= 4 is 6.47 Å². The number of hydrogen-bond donors (Lipinski definition) is 0. The predicted octanol–water partition coefficient (Wildman–Crippen LogP) is 2.33. The van der Waals surface area contributed by atoms with Crippen molar-refractivity contribution in [2.24, 2.45) is 5.92 Å². The molecule has 0 atom stereocenters. The average molecular weight is 278 g/mol. The third kappa shape index (κ3) is 4.52. The molecule has 1 aromatic carbocycles. The van der Waals surface area contributed by atoms with E-state index < -0.39 is 0 Å². The van der Waals surface area contributed by atoms with Gasteiger partial charge in [0, 0.05) is 0 Å². The van der Waals surface area contributed by atoms with Crippen LogP contribution >= 0.6 is 0 Å². The fraction of sp³-hybridized carbons (Fsp3) is 0.364. The van der Waals surface area contributed by atoms with Crippen LogP contribution in [0.1, 0.15) is 19.4 Å². The van der Waals surface area contributed by atoms with E-state index in [1.807, 2.05) is 12.1 Å². The van der Waals surface area contributed by atoms with Gasteiger partial charge in [-0.25, -0.2) is 0 Å². The van der Waals surface area contributed by atoms with Gasteiger partial charge in [-0.2, -0.15) is 0 Å². The van der Waals surface area contributed by atoms with Crippen LogP contribution in [0.25, 0.3) is 0 Å². The Morgan fingerprint density at radius 1 is 1.29 bits per heavy atom. The molecule has 0 aliphatic carbocycles. The molecule has 0 N–H and O–H groups in total. The second-order valence-electron chi connectivity index (χ2n) is 3.43. The number of hydrogen-bond acceptors (Lipinski definition) is 2. The summed E-state index contributed by atoms with van der Waals surface area (Å²) in [5.74, 6) is 1.19. The number of carbonyl (C=O) groups excluding carboxylic acids is 1. The van der Waals surface area contributed by atoms with Crippen LogP contribution in [0, 0.1) is 5.92 Å². The van der Waals surface area contributed by atoms with E-state index in [0.29, 0.717) is 11.7 Å². The Morgan fingerprint density at radius 2 is 1.86 bits per heavy atom. The van der Waals surface area contributed by atoms with E-state index in [-0.39, 0.29) is 19.5 Å². The Balaban J connectivity index is 0.00000169. The van der Waals surface area contributed by atoms with Crippen LogP contribution in [-0.4, -0.2) is 6.47 Å². The molecule has 0 saturated carbocycles. The maximum atomic E-state index is 9.89. The summed E-state index contributed by atoms with van der Waals surface area (Å²) in [5.41, 5.74) is 1.26. The molecule has 0 aromatic heterocycles. The first-order valence-electron chi connectivity index (χ1n) is 4.35. The zero-order valence-corrected chi connectivity index (χ0v) is 10.0. The van der Waals surface area contributed by atoms with Crippen LogP contribution in [0.3, 0.4) is 0 Å². The Bertz CT molecular complexity index is 267. The van der Waals surface area contributed by atoms with Gasteiger partial charge in [0.25, 0.3) is 0 Å². The van der Waals surface area contributed by atoms with Gasteiger partial charge in [0.1, 0.15) is 0 Å². The molecule has 0 fully saturated rings. The van der Waals surface area contributed by atoms with Crippen molar-refractivity contribution in [1.29, 1.82) is 0 Å². The smallest absolute Gasteiger partial charge is 0.610 e. The summed E-state index contributed by atoms with van der Waals surface area (Å²) < 4.78 is 4.56. The van der Waals surface area contributed by atoms with E-state index in [1.165, 1.54) is 12.0 Å². The minimum Gasteiger partial charge on any atom is -0.610 e. The van der Waals surface area contributed by atoms with Gasteiger partial charge in [-0.1, -0.05) is 31.5 Å². The van der Waals surface area contributed by atoms with E-state index in [1.54, 1.807) is 12.1 Å². The number of benzene rings is 1. The van der Waals surface area contributed by atoms with Crippen molar-refractivity contribution < 1.29 is 29.0 Å². The molecule has 1 aromatic rings. The van der Waals surface area contributed by atoms with Gasteiger partial charge >= 0.3 is 19.5 Å². The molecule has 76 valence electrons. The van der Waals surface area contributed by atoms with Crippen molar-refractivity contribution in [2.75, 3.05) is 0 Å². The van der Waals surface area contributed by atoms with Crippen LogP contribution in [0.4, 0.5) is 0 Å². The Labute approximate surface area is 97.4 Å². The summed E-state index contributed by atoms with van der Waals surface area (Å²) in [6.07, 6.45) is 1.05. The standard InChI is InChI=1S/C11H13O2.Ru/c1-9(2)7-10-3-5-11(6-4-10)13-8-12;/h3-6,9H,7H2,1-2H3;/q-1;+2. The largest absolute Gasteiger partial charge is 2.00 e. The maximum absolute atomic E-state index is 9.89. The Morgan fingerprint density at radius 3 is 2.29 bits per heavy atom. The van der Waals surface area contributed by atoms with Crippen LogP contribution in [0.5, 0.6) is 5.75 Å². The van der Waals surface area contributed by atoms with E-state index in [4.69, 9.17) is 0 Å². The average Bonchev–Trinajstić information content (AvgIpc) is 2.08. The molecule has 0 amide bonds. The number of ether oxygens (including phenoxy) is 1. The summed E-state index contributed by atoms with van der Waals surface area (Å²) in [5, 5.41) is 0. The van der Waals surface area contributed by atoms with Gasteiger partial charge in [0.05, 0.1) is 0 Å². The SMILES string of the molecule is CC(C)Cc1ccc(O[C-]=O)cc1.[Ru+2]. The van der Waals surface area contributed by atoms with Crippen molar-refractivity contribution in [3.05, 3.63) is 29.8 Å². The first-order chi connectivity index (χ1) is 6.22. The predicted molar refractivity (Wildman–Crippen MR) is 51.3 cm³/mol. The Hall–Kier alpha value is -0.687. The normalized spacial score (nSPS) is 9.36. The minimum absolute atomic E-state index is 0. The molecular formula is C11H13O2Ru+. The third-order valence-corrected chi connectivity index (χ3v) is 1.73. The van der Waals surface area contributed by atoms with Gasteiger partial charge in [-0.05, 0) is 18.1 Å². The molecule has 0 aliphatic rings.